The van der Waals surface area contributed by atoms with Crippen LogP contribution >= 0.6 is 0 Å². The lowest BCUT2D eigenvalue weighted by atomic mass is 9.95. The molecule has 1 fully saturated rings. The number of nitrogens with zero attached hydrogens (tertiary/aromatic N) is 2. The topological polar surface area (TPSA) is 62.1 Å². The maximum absolute atomic E-state index is 11.6. The Labute approximate surface area is 156 Å². The Morgan fingerprint density at radius 3 is 2.96 bits per heavy atom. The number of aryl methyl sites for hydroxylation is 1. The molecule has 3 heterocycles. The first-order chi connectivity index (χ1) is 13.1. The molecule has 5 nitrogen and oxygen atoms in total. The van der Waals surface area contributed by atoms with Gasteiger partial charge in [0, 0.05) is 23.9 Å². The highest BCUT2D eigenvalue weighted by molar-refractivity contribution is 5.98. The molecule has 1 aliphatic rings. The van der Waals surface area contributed by atoms with Gasteiger partial charge in [-0.2, -0.15) is 5.10 Å². The predicted molar refractivity (Wildman–Crippen MR) is 106 cm³/mol. The first-order valence-corrected chi connectivity index (χ1v) is 9.02. The molecule has 1 N–H and O–H groups in total. The second-order valence-electron chi connectivity index (χ2n) is 7.13. The molecule has 0 radical (unpaired) electrons. The Hall–Kier alpha value is -3.34. The summed E-state index contributed by atoms with van der Waals surface area (Å²) in [5.74, 6) is 1.17. The molecule has 134 valence electrons. The lowest BCUT2D eigenvalue weighted by Crippen LogP contribution is -2.47. The number of benzene rings is 2. The van der Waals surface area contributed by atoms with Crippen LogP contribution in [0.3, 0.4) is 0 Å². The second-order valence-corrected chi connectivity index (χ2v) is 7.13. The van der Waals surface area contributed by atoms with Crippen molar-refractivity contribution in [1.82, 2.24) is 15.1 Å². The van der Waals surface area contributed by atoms with Crippen molar-refractivity contribution in [1.29, 1.82) is 0 Å². The number of aromatic amines is 1. The number of carbonyl (C=O) groups is 1. The first kappa shape index (κ1) is 15.9. The summed E-state index contributed by atoms with van der Waals surface area (Å²) in [6.45, 7) is 7.03. The van der Waals surface area contributed by atoms with Gasteiger partial charge < -0.3 is 9.32 Å². The molecular formula is C22H19N3O2. The van der Waals surface area contributed by atoms with Crippen LogP contribution in [0, 0.1) is 6.92 Å². The summed E-state index contributed by atoms with van der Waals surface area (Å²) in [5.41, 5.74) is 5.46. The summed E-state index contributed by atoms with van der Waals surface area (Å²) >= 11 is 0. The summed E-state index contributed by atoms with van der Waals surface area (Å²) in [6, 6.07) is 12.6. The number of carbonyl (C=O) groups excluding carboxylic acids is 1. The molecule has 0 aliphatic carbocycles. The fourth-order valence-electron chi connectivity index (χ4n) is 3.90. The molecule has 4 aromatic rings. The summed E-state index contributed by atoms with van der Waals surface area (Å²) < 4.78 is 6.04. The van der Waals surface area contributed by atoms with E-state index in [1.165, 1.54) is 17.2 Å². The summed E-state index contributed by atoms with van der Waals surface area (Å²) in [6.07, 6.45) is 3.24. The van der Waals surface area contributed by atoms with Crippen LogP contribution in [0.5, 0.6) is 0 Å². The molecule has 2 aromatic carbocycles. The largest absolute Gasteiger partial charge is 0.461 e. The second kappa shape index (κ2) is 5.84. The normalized spacial score (nSPS) is 14.6. The van der Waals surface area contributed by atoms with E-state index in [1.54, 1.807) is 4.90 Å². The SMILES string of the molecule is C=CC(=O)N1CC(c2cc3cc(-c4c(C)ccc5[nH]ncc45)ccc3o2)C1. The summed E-state index contributed by atoms with van der Waals surface area (Å²) in [5, 5.41) is 9.42. The third-order valence-corrected chi connectivity index (χ3v) is 5.43. The maximum Gasteiger partial charge on any atom is 0.246 e. The number of amides is 1. The van der Waals surface area contributed by atoms with Crippen LogP contribution in [0.25, 0.3) is 33.0 Å². The number of likely N-dealkylation sites (tertiary alicyclic amines) is 1. The minimum absolute atomic E-state index is 0.0201. The van der Waals surface area contributed by atoms with Crippen molar-refractivity contribution in [2.45, 2.75) is 12.8 Å². The fraction of sp³-hybridized carbons (Fsp3) is 0.182. The van der Waals surface area contributed by atoms with Crippen LogP contribution < -0.4 is 0 Å². The lowest BCUT2D eigenvalue weighted by Gasteiger charge is -2.37. The summed E-state index contributed by atoms with van der Waals surface area (Å²) in [7, 11) is 0. The van der Waals surface area contributed by atoms with Gasteiger partial charge >= 0.3 is 0 Å². The number of hydrogen-bond acceptors (Lipinski definition) is 3. The highest BCUT2D eigenvalue weighted by atomic mass is 16.3. The minimum Gasteiger partial charge on any atom is -0.461 e. The van der Waals surface area contributed by atoms with Gasteiger partial charge in [-0.25, -0.2) is 0 Å². The lowest BCUT2D eigenvalue weighted by molar-refractivity contribution is -0.130. The zero-order valence-electron chi connectivity index (χ0n) is 15.0. The van der Waals surface area contributed by atoms with Gasteiger partial charge in [0.25, 0.3) is 0 Å². The molecular weight excluding hydrogens is 338 g/mol. The van der Waals surface area contributed by atoms with Gasteiger partial charge in [-0.15, -0.1) is 0 Å². The van der Waals surface area contributed by atoms with Gasteiger partial charge in [0.2, 0.25) is 5.91 Å². The molecule has 0 saturated carbocycles. The summed E-state index contributed by atoms with van der Waals surface area (Å²) in [4.78, 5) is 13.4. The van der Waals surface area contributed by atoms with E-state index in [9.17, 15) is 4.79 Å². The third kappa shape index (κ3) is 2.46. The fourth-order valence-corrected chi connectivity index (χ4v) is 3.90. The average molecular weight is 357 g/mol. The third-order valence-electron chi connectivity index (χ3n) is 5.43. The highest BCUT2D eigenvalue weighted by Crippen LogP contribution is 2.36. The van der Waals surface area contributed by atoms with Gasteiger partial charge in [0.1, 0.15) is 11.3 Å². The van der Waals surface area contributed by atoms with Crippen LogP contribution in [0.2, 0.25) is 0 Å². The van der Waals surface area contributed by atoms with Crippen LogP contribution in [-0.2, 0) is 4.79 Å². The highest BCUT2D eigenvalue weighted by Gasteiger charge is 2.32. The van der Waals surface area contributed by atoms with Crippen molar-refractivity contribution in [3.05, 3.63) is 66.6 Å². The molecule has 1 saturated heterocycles. The van der Waals surface area contributed by atoms with E-state index in [0.29, 0.717) is 13.1 Å². The van der Waals surface area contributed by atoms with Crippen molar-refractivity contribution in [2.75, 3.05) is 13.1 Å². The van der Waals surface area contributed by atoms with E-state index in [2.05, 4.69) is 54.0 Å². The molecule has 5 rings (SSSR count). The number of rotatable bonds is 3. The quantitative estimate of drug-likeness (QED) is 0.553. The predicted octanol–water partition coefficient (Wildman–Crippen LogP) is 4.40. The number of furan rings is 1. The molecule has 1 amide bonds. The van der Waals surface area contributed by atoms with Gasteiger partial charge in [-0.3, -0.25) is 9.89 Å². The van der Waals surface area contributed by atoms with Crippen molar-refractivity contribution < 1.29 is 9.21 Å². The van der Waals surface area contributed by atoms with Crippen molar-refractivity contribution in [2.24, 2.45) is 0 Å². The Kier molecular flexibility index (Phi) is 3.44. The number of fused-ring (bicyclic) bond motifs is 2. The van der Waals surface area contributed by atoms with Crippen molar-refractivity contribution >= 4 is 27.8 Å². The Bertz CT molecular complexity index is 1190. The van der Waals surface area contributed by atoms with Gasteiger partial charge in [-0.1, -0.05) is 18.7 Å². The first-order valence-electron chi connectivity index (χ1n) is 9.02. The smallest absolute Gasteiger partial charge is 0.246 e. The van der Waals surface area contributed by atoms with E-state index in [0.717, 1.165) is 33.2 Å². The van der Waals surface area contributed by atoms with E-state index in [1.807, 2.05) is 12.3 Å². The monoisotopic (exact) mass is 357 g/mol. The van der Waals surface area contributed by atoms with Gasteiger partial charge in [0.15, 0.2) is 0 Å². The average Bonchev–Trinajstić information content (AvgIpc) is 3.25. The number of aromatic nitrogens is 2. The number of H-pyrrole nitrogens is 1. The Balaban J connectivity index is 1.51. The van der Waals surface area contributed by atoms with E-state index in [4.69, 9.17) is 4.42 Å². The molecule has 0 unspecified atom stereocenters. The van der Waals surface area contributed by atoms with Crippen LogP contribution in [-0.4, -0.2) is 34.1 Å². The molecule has 27 heavy (non-hydrogen) atoms. The van der Waals surface area contributed by atoms with Crippen molar-refractivity contribution in [3.63, 3.8) is 0 Å². The standard InChI is InChI=1S/C22H19N3O2/c1-3-21(26)25-11-16(12-25)20-9-15-8-14(5-7-19(15)27-20)22-13(2)4-6-18-17(22)10-23-24-18/h3-10,16H,1,11-12H2,2H3,(H,23,24). The zero-order valence-corrected chi connectivity index (χ0v) is 15.0. The van der Waals surface area contributed by atoms with Crippen LogP contribution in [0.1, 0.15) is 17.2 Å². The van der Waals surface area contributed by atoms with Crippen molar-refractivity contribution in [3.8, 4) is 11.1 Å². The van der Waals surface area contributed by atoms with E-state index in [-0.39, 0.29) is 11.8 Å². The molecule has 5 heteroatoms. The Morgan fingerprint density at radius 2 is 2.15 bits per heavy atom. The van der Waals surface area contributed by atoms with Gasteiger partial charge in [0.05, 0.1) is 17.6 Å². The molecule has 0 spiro atoms. The van der Waals surface area contributed by atoms with Crippen LogP contribution in [0.15, 0.2) is 59.7 Å². The molecule has 0 bridgehead atoms. The number of nitrogens with one attached hydrogen (secondary N) is 1. The zero-order chi connectivity index (χ0) is 18.5. The van der Waals surface area contributed by atoms with E-state index >= 15 is 0 Å². The maximum atomic E-state index is 11.6. The van der Waals surface area contributed by atoms with Gasteiger partial charge in [-0.05, 0) is 54.0 Å². The number of hydrogen-bond donors (Lipinski definition) is 1. The minimum atomic E-state index is -0.0201. The molecule has 2 aromatic heterocycles. The Morgan fingerprint density at radius 1 is 1.30 bits per heavy atom. The van der Waals surface area contributed by atoms with Crippen LogP contribution in [0.4, 0.5) is 0 Å². The molecule has 0 atom stereocenters. The van der Waals surface area contributed by atoms with E-state index < -0.39 is 0 Å². The molecule has 1 aliphatic heterocycles.